The number of hydrogen-bond donors (Lipinski definition) is 0. The van der Waals surface area contributed by atoms with Crippen molar-refractivity contribution in [2.24, 2.45) is 0 Å². The summed E-state index contributed by atoms with van der Waals surface area (Å²) in [5.74, 6) is 1.52. The molecule has 0 saturated carbocycles. The van der Waals surface area contributed by atoms with E-state index in [4.69, 9.17) is 11.6 Å². The Hall–Kier alpha value is -1.94. The fraction of sp³-hybridized carbons (Fsp3) is 0.312. The highest BCUT2D eigenvalue weighted by Crippen LogP contribution is 2.18. The highest BCUT2D eigenvalue weighted by atomic mass is 35.5. The van der Waals surface area contributed by atoms with Crippen molar-refractivity contribution in [1.82, 2.24) is 19.5 Å². The third-order valence-corrected chi connectivity index (χ3v) is 3.79. The summed E-state index contributed by atoms with van der Waals surface area (Å²) in [5.41, 5.74) is 5.22. The zero-order chi connectivity index (χ0) is 14.8. The summed E-state index contributed by atoms with van der Waals surface area (Å²) in [5, 5.41) is 0. The molecule has 3 heterocycles. The molecule has 5 heteroatoms. The molecule has 3 aromatic rings. The van der Waals surface area contributed by atoms with Crippen LogP contribution < -0.4 is 0 Å². The number of fused-ring (bicyclic) bond motifs is 1. The van der Waals surface area contributed by atoms with Crippen molar-refractivity contribution in [2.45, 2.75) is 26.8 Å². The van der Waals surface area contributed by atoms with E-state index in [-0.39, 0.29) is 0 Å². The van der Waals surface area contributed by atoms with Gasteiger partial charge in [0.05, 0.1) is 6.54 Å². The fourth-order valence-corrected chi connectivity index (χ4v) is 2.59. The second kappa shape index (κ2) is 5.82. The molecule has 0 fully saturated rings. The minimum Gasteiger partial charge on any atom is -0.308 e. The minimum absolute atomic E-state index is 0.550. The Kier molecular flexibility index (Phi) is 3.88. The molecule has 4 nitrogen and oxygen atoms in total. The van der Waals surface area contributed by atoms with Crippen LogP contribution in [0.2, 0.25) is 0 Å². The Morgan fingerprint density at radius 3 is 2.76 bits per heavy atom. The Morgan fingerprint density at radius 1 is 1.14 bits per heavy atom. The molecule has 0 aliphatic carbocycles. The van der Waals surface area contributed by atoms with Gasteiger partial charge in [-0.05, 0) is 43.2 Å². The normalized spacial score (nSPS) is 11.2. The van der Waals surface area contributed by atoms with Crippen LogP contribution in [0.15, 0.2) is 30.6 Å². The quantitative estimate of drug-likeness (QED) is 0.695. The largest absolute Gasteiger partial charge is 0.308 e. The van der Waals surface area contributed by atoms with Gasteiger partial charge in [-0.2, -0.15) is 0 Å². The van der Waals surface area contributed by atoms with Crippen LogP contribution in [0.3, 0.4) is 0 Å². The summed E-state index contributed by atoms with van der Waals surface area (Å²) >= 11 is 5.92. The number of hydrogen-bond acceptors (Lipinski definition) is 3. The van der Waals surface area contributed by atoms with Gasteiger partial charge in [0.15, 0.2) is 5.65 Å². The van der Waals surface area contributed by atoms with E-state index in [1.165, 1.54) is 11.1 Å². The SMILES string of the molecule is Cc1ccc2nc(CCCl)n(Cc3cnccc3C)c2n1. The number of nitrogens with zero attached hydrogens (tertiary/aromatic N) is 4. The van der Waals surface area contributed by atoms with E-state index in [9.17, 15) is 0 Å². The predicted octanol–water partition coefficient (Wildman–Crippen LogP) is 3.27. The molecule has 21 heavy (non-hydrogen) atoms. The first-order valence-corrected chi connectivity index (χ1v) is 7.50. The number of alkyl halides is 1. The van der Waals surface area contributed by atoms with E-state index < -0.39 is 0 Å². The van der Waals surface area contributed by atoms with Gasteiger partial charge in [-0.25, -0.2) is 9.97 Å². The molecule has 0 saturated heterocycles. The molecule has 3 rings (SSSR count). The van der Waals surface area contributed by atoms with Gasteiger partial charge in [0.1, 0.15) is 11.3 Å². The molecule has 0 bridgehead atoms. The lowest BCUT2D eigenvalue weighted by atomic mass is 10.1. The molecule has 0 N–H and O–H groups in total. The average molecular weight is 301 g/mol. The highest BCUT2D eigenvalue weighted by molar-refractivity contribution is 6.17. The van der Waals surface area contributed by atoms with Crippen LogP contribution in [0.25, 0.3) is 11.2 Å². The standard InChI is InChI=1S/C16H17ClN4/c1-11-6-8-18-9-13(11)10-21-15(5-7-17)20-14-4-3-12(2)19-16(14)21/h3-4,6,8-9H,5,7,10H2,1-2H3. The van der Waals surface area contributed by atoms with Crippen molar-refractivity contribution in [3.05, 3.63) is 53.2 Å². The average Bonchev–Trinajstić information content (AvgIpc) is 2.79. The molecule has 3 aromatic heterocycles. The van der Waals surface area contributed by atoms with Crippen molar-refractivity contribution < 1.29 is 0 Å². The summed E-state index contributed by atoms with van der Waals surface area (Å²) in [7, 11) is 0. The molecule has 0 aromatic carbocycles. The van der Waals surface area contributed by atoms with Crippen LogP contribution in [0.1, 0.15) is 22.6 Å². The number of imidazole rings is 1. The summed E-state index contributed by atoms with van der Waals surface area (Å²) < 4.78 is 2.15. The van der Waals surface area contributed by atoms with Gasteiger partial charge < -0.3 is 4.57 Å². The fourth-order valence-electron chi connectivity index (χ4n) is 2.42. The number of pyridine rings is 2. The second-order valence-corrected chi connectivity index (χ2v) is 5.53. The van der Waals surface area contributed by atoms with E-state index in [0.717, 1.165) is 35.6 Å². The van der Waals surface area contributed by atoms with E-state index in [2.05, 4.69) is 26.4 Å². The van der Waals surface area contributed by atoms with Gasteiger partial charge in [0.2, 0.25) is 0 Å². The van der Waals surface area contributed by atoms with E-state index in [1.807, 2.05) is 37.5 Å². The number of aryl methyl sites for hydroxylation is 3. The smallest absolute Gasteiger partial charge is 0.160 e. The zero-order valence-electron chi connectivity index (χ0n) is 12.2. The lowest BCUT2D eigenvalue weighted by molar-refractivity contribution is 0.741. The van der Waals surface area contributed by atoms with Gasteiger partial charge in [0, 0.05) is 30.4 Å². The first-order chi connectivity index (χ1) is 10.2. The Bertz CT molecular complexity index is 779. The molecular weight excluding hydrogens is 284 g/mol. The van der Waals surface area contributed by atoms with Gasteiger partial charge in [-0.1, -0.05) is 0 Å². The Labute approximate surface area is 128 Å². The van der Waals surface area contributed by atoms with Gasteiger partial charge in [-0.15, -0.1) is 11.6 Å². The van der Waals surface area contributed by atoms with Crippen molar-refractivity contribution in [2.75, 3.05) is 5.88 Å². The van der Waals surface area contributed by atoms with Gasteiger partial charge >= 0.3 is 0 Å². The van der Waals surface area contributed by atoms with Gasteiger partial charge in [0.25, 0.3) is 0 Å². The summed E-state index contributed by atoms with van der Waals surface area (Å²) in [6.07, 6.45) is 4.45. The van der Waals surface area contributed by atoms with Crippen LogP contribution in [0.4, 0.5) is 0 Å². The van der Waals surface area contributed by atoms with Gasteiger partial charge in [-0.3, -0.25) is 4.98 Å². The second-order valence-electron chi connectivity index (χ2n) is 5.15. The molecule has 0 aliphatic rings. The molecular formula is C16H17ClN4. The maximum absolute atomic E-state index is 5.92. The summed E-state index contributed by atoms with van der Waals surface area (Å²) in [4.78, 5) is 13.5. The molecule has 0 aliphatic heterocycles. The maximum Gasteiger partial charge on any atom is 0.160 e. The molecule has 0 amide bonds. The highest BCUT2D eigenvalue weighted by Gasteiger charge is 2.13. The summed E-state index contributed by atoms with van der Waals surface area (Å²) in [6.45, 7) is 4.81. The third kappa shape index (κ3) is 2.76. The third-order valence-electron chi connectivity index (χ3n) is 3.60. The van der Waals surface area contributed by atoms with E-state index in [0.29, 0.717) is 5.88 Å². The van der Waals surface area contributed by atoms with Crippen LogP contribution in [0, 0.1) is 13.8 Å². The molecule has 0 atom stereocenters. The Balaban J connectivity index is 2.12. The zero-order valence-corrected chi connectivity index (χ0v) is 12.9. The van der Waals surface area contributed by atoms with E-state index in [1.54, 1.807) is 0 Å². The molecule has 108 valence electrons. The molecule has 0 unspecified atom stereocenters. The minimum atomic E-state index is 0.550. The van der Waals surface area contributed by atoms with Crippen LogP contribution in [0.5, 0.6) is 0 Å². The van der Waals surface area contributed by atoms with Crippen molar-refractivity contribution in [1.29, 1.82) is 0 Å². The first-order valence-electron chi connectivity index (χ1n) is 6.97. The van der Waals surface area contributed by atoms with E-state index >= 15 is 0 Å². The van der Waals surface area contributed by atoms with Crippen molar-refractivity contribution >= 4 is 22.8 Å². The predicted molar refractivity (Wildman–Crippen MR) is 84.8 cm³/mol. The number of halogens is 1. The molecule has 0 spiro atoms. The monoisotopic (exact) mass is 300 g/mol. The van der Waals surface area contributed by atoms with Crippen molar-refractivity contribution in [3.8, 4) is 0 Å². The van der Waals surface area contributed by atoms with Crippen LogP contribution in [-0.4, -0.2) is 25.4 Å². The lowest BCUT2D eigenvalue weighted by Crippen LogP contribution is -2.08. The molecule has 0 radical (unpaired) electrons. The Morgan fingerprint density at radius 2 is 2.00 bits per heavy atom. The van der Waals surface area contributed by atoms with Crippen molar-refractivity contribution in [3.63, 3.8) is 0 Å². The maximum atomic E-state index is 5.92. The summed E-state index contributed by atoms with van der Waals surface area (Å²) in [6, 6.07) is 6.02. The number of aromatic nitrogens is 4. The topological polar surface area (TPSA) is 43.6 Å². The number of rotatable bonds is 4. The first kappa shape index (κ1) is 14.0. The van der Waals surface area contributed by atoms with Crippen LogP contribution in [-0.2, 0) is 13.0 Å². The lowest BCUT2D eigenvalue weighted by Gasteiger charge is -2.10. The van der Waals surface area contributed by atoms with Crippen LogP contribution >= 0.6 is 11.6 Å².